The molecule has 1 aliphatic rings. The molecule has 2 N–H and O–H groups in total. The third-order valence-corrected chi connectivity index (χ3v) is 5.82. The average molecular weight is 392 g/mol. The lowest BCUT2D eigenvalue weighted by molar-refractivity contribution is -0.0494. The molecule has 1 aromatic carbocycles. The fraction of sp³-hybridized carbons (Fsp3) is 0.562. The summed E-state index contributed by atoms with van der Waals surface area (Å²) in [6.07, 6.45) is 0.556. The van der Waals surface area contributed by atoms with Crippen LogP contribution in [0.5, 0.6) is 0 Å². The summed E-state index contributed by atoms with van der Waals surface area (Å²) in [5, 5.41) is 6.29. The molecule has 0 unspecified atom stereocenters. The number of nitrogens with one attached hydrogen (secondary N) is 2. The first-order valence-corrected chi connectivity index (χ1v) is 9.66. The van der Waals surface area contributed by atoms with E-state index in [0.717, 1.165) is 11.1 Å². The number of aryl methyl sites for hydroxylation is 1. The van der Waals surface area contributed by atoms with E-state index in [0.29, 0.717) is 16.8 Å². The second kappa shape index (κ2) is 8.26. The number of rotatable bonds is 4. The van der Waals surface area contributed by atoms with Gasteiger partial charge in [0.1, 0.15) is 0 Å². The van der Waals surface area contributed by atoms with Crippen molar-refractivity contribution in [3.8, 4) is 0 Å². The monoisotopic (exact) mass is 392 g/mol. The van der Waals surface area contributed by atoms with Gasteiger partial charge in [-0.2, -0.15) is 17.5 Å². The van der Waals surface area contributed by atoms with Gasteiger partial charge in [0, 0.05) is 32.7 Å². The van der Waals surface area contributed by atoms with E-state index in [1.54, 1.807) is 7.05 Å². The van der Waals surface area contributed by atoms with E-state index in [1.165, 1.54) is 0 Å². The number of hydrogen-bond acceptors (Lipinski definition) is 3. The van der Waals surface area contributed by atoms with Gasteiger partial charge in [-0.05, 0) is 25.3 Å². The standard InChI is InChI=1S/C16H23F3N4O2S/c1-12-4-3-5-13(10-12)11-21-15(20-2)22-14-6-8-23(9-7-14)26(24,25)16(17,18)19/h3-5,10,14H,6-9,11H2,1-2H3,(H2,20,21,22). The van der Waals surface area contributed by atoms with Crippen LogP contribution in [-0.2, 0) is 16.6 Å². The van der Waals surface area contributed by atoms with Crippen LogP contribution in [0.25, 0.3) is 0 Å². The maximum Gasteiger partial charge on any atom is 0.511 e. The Morgan fingerprint density at radius 2 is 1.96 bits per heavy atom. The van der Waals surface area contributed by atoms with E-state index in [-0.39, 0.29) is 32.0 Å². The molecule has 1 aliphatic heterocycles. The summed E-state index contributed by atoms with van der Waals surface area (Å²) in [6, 6.07) is 7.84. The van der Waals surface area contributed by atoms with Gasteiger partial charge in [0.25, 0.3) is 0 Å². The maximum atomic E-state index is 12.6. The number of halogens is 3. The average Bonchev–Trinajstić information content (AvgIpc) is 2.58. The Bertz CT molecular complexity index is 742. The first-order chi connectivity index (χ1) is 12.1. The molecule has 0 saturated carbocycles. The minimum absolute atomic E-state index is 0.140. The van der Waals surface area contributed by atoms with Crippen molar-refractivity contribution in [2.45, 2.75) is 37.9 Å². The molecule has 1 fully saturated rings. The van der Waals surface area contributed by atoms with Crippen LogP contribution in [0.4, 0.5) is 13.2 Å². The quantitative estimate of drug-likeness (QED) is 0.607. The van der Waals surface area contributed by atoms with Crippen LogP contribution in [0.1, 0.15) is 24.0 Å². The van der Waals surface area contributed by atoms with Crippen LogP contribution in [0.15, 0.2) is 29.3 Å². The summed E-state index contributed by atoms with van der Waals surface area (Å²) in [7, 11) is -3.64. The van der Waals surface area contributed by atoms with Crippen LogP contribution in [0.2, 0.25) is 0 Å². The highest BCUT2D eigenvalue weighted by atomic mass is 32.2. The summed E-state index contributed by atoms with van der Waals surface area (Å²) in [4.78, 5) is 4.11. The Morgan fingerprint density at radius 3 is 2.50 bits per heavy atom. The lowest BCUT2D eigenvalue weighted by Gasteiger charge is -2.32. The van der Waals surface area contributed by atoms with Gasteiger partial charge >= 0.3 is 15.5 Å². The number of nitrogens with zero attached hydrogens (tertiary/aromatic N) is 2. The van der Waals surface area contributed by atoms with Crippen LogP contribution in [0.3, 0.4) is 0 Å². The van der Waals surface area contributed by atoms with Crippen molar-refractivity contribution in [1.82, 2.24) is 14.9 Å². The Balaban J connectivity index is 1.85. The van der Waals surface area contributed by atoms with Gasteiger partial charge in [-0.15, -0.1) is 0 Å². The van der Waals surface area contributed by atoms with Gasteiger partial charge in [-0.25, -0.2) is 8.42 Å². The minimum Gasteiger partial charge on any atom is -0.354 e. The van der Waals surface area contributed by atoms with Gasteiger partial charge in [-0.3, -0.25) is 4.99 Å². The molecule has 10 heteroatoms. The van der Waals surface area contributed by atoms with Gasteiger partial charge in [0.2, 0.25) is 0 Å². The van der Waals surface area contributed by atoms with E-state index in [2.05, 4.69) is 15.6 Å². The number of piperidine rings is 1. The molecule has 0 spiro atoms. The van der Waals surface area contributed by atoms with Gasteiger partial charge in [0.05, 0.1) is 0 Å². The van der Waals surface area contributed by atoms with Crippen LogP contribution >= 0.6 is 0 Å². The van der Waals surface area contributed by atoms with Crippen molar-refractivity contribution in [3.63, 3.8) is 0 Å². The number of guanidine groups is 1. The highest BCUT2D eigenvalue weighted by molar-refractivity contribution is 7.90. The Labute approximate surface area is 151 Å². The predicted octanol–water partition coefficient (Wildman–Crippen LogP) is 1.97. The van der Waals surface area contributed by atoms with E-state index in [4.69, 9.17) is 0 Å². The lowest BCUT2D eigenvalue weighted by Crippen LogP contribution is -2.51. The number of benzene rings is 1. The van der Waals surface area contributed by atoms with Crippen LogP contribution in [-0.4, -0.2) is 50.4 Å². The number of sulfonamides is 1. The van der Waals surface area contributed by atoms with Crippen LogP contribution in [0, 0.1) is 6.92 Å². The van der Waals surface area contributed by atoms with Crippen molar-refractivity contribution in [1.29, 1.82) is 0 Å². The summed E-state index contributed by atoms with van der Waals surface area (Å²) < 4.78 is 61.1. The lowest BCUT2D eigenvalue weighted by atomic mass is 10.1. The second-order valence-electron chi connectivity index (χ2n) is 6.18. The molecule has 0 atom stereocenters. The third kappa shape index (κ3) is 5.10. The molecule has 2 rings (SSSR count). The highest BCUT2D eigenvalue weighted by Gasteiger charge is 2.50. The molecule has 0 bridgehead atoms. The van der Waals surface area contributed by atoms with Crippen molar-refractivity contribution < 1.29 is 21.6 Å². The van der Waals surface area contributed by atoms with E-state index >= 15 is 0 Å². The first kappa shape index (κ1) is 20.5. The molecule has 1 saturated heterocycles. The zero-order valence-corrected chi connectivity index (χ0v) is 15.5. The summed E-state index contributed by atoms with van der Waals surface area (Å²) in [6.45, 7) is 2.21. The summed E-state index contributed by atoms with van der Waals surface area (Å²) >= 11 is 0. The molecule has 0 amide bonds. The van der Waals surface area contributed by atoms with Crippen LogP contribution < -0.4 is 10.6 Å². The fourth-order valence-corrected chi connectivity index (χ4v) is 3.77. The molecule has 0 aliphatic carbocycles. The zero-order valence-electron chi connectivity index (χ0n) is 14.7. The summed E-state index contributed by atoms with van der Waals surface area (Å²) in [5.41, 5.74) is -3.02. The molecule has 146 valence electrons. The molecule has 1 aromatic rings. The highest BCUT2D eigenvalue weighted by Crippen LogP contribution is 2.28. The third-order valence-electron chi connectivity index (χ3n) is 4.19. The number of aliphatic imine (C=N–C) groups is 1. The number of alkyl halides is 3. The Morgan fingerprint density at radius 1 is 1.31 bits per heavy atom. The first-order valence-electron chi connectivity index (χ1n) is 8.22. The van der Waals surface area contributed by atoms with E-state index in [9.17, 15) is 21.6 Å². The SMILES string of the molecule is CN=C(NCc1cccc(C)c1)NC1CCN(S(=O)(=O)C(F)(F)F)CC1. The minimum atomic E-state index is -5.25. The predicted molar refractivity (Wildman–Crippen MR) is 94.1 cm³/mol. The molecule has 26 heavy (non-hydrogen) atoms. The second-order valence-corrected chi connectivity index (χ2v) is 8.11. The molecular weight excluding hydrogens is 369 g/mol. The molecule has 0 radical (unpaired) electrons. The van der Waals surface area contributed by atoms with Crippen molar-refractivity contribution in [2.75, 3.05) is 20.1 Å². The van der Waals surface area contributed by atoms with Crippen molar-refractivity contribution in [3.05, 3.63) is 35.4 Å². The Hall–Kier alpha value is -1.81. The fourth-order valence-electron chi connectivity index (χ4n) is 2.78. The Kier molecular flexibility index (Phi) is 6.51. The molecule has 0 aromatic heterocycles. The van der Waals surface area contributed by atoms with E-state index < -0.39 is 15.5 Å². The largest absolute Gasteiger partial charge is 0.511 e. The van der Waals surface area contributed by atoms with Crippen molar-refractivity contribution >= 4 is 16.0 Å². The summed E-state index contributed by atoms with van der Waals surface area (Å²) in [5.74, 6) is 0.531. The molecule has 1 heterocycles. The van der Waals surface area contributed by atoms with Gasteiger partial charge in [0.15, 0.2) is 5.96 Å². The van der Waals surface area contributed by atoms with Crippen molar-refractivity contribution in [2.24, 2.45) is 4.99 Å². The molecular formula is C16H23F3N4O2S. The normalized spacial score (nSPS) is 18.0. The zero-order chi connectivity index (χ0) is 19.4. The molecule has 6 nitrogen and oxygen atoms in total. The van der Waals surface area contributed by atoms with E-state index in [1.807, 2.05) is 31.2 Å². The number of hydrogen-bond donors (Lipinski definition) is 2. The smallest absolute Gasteiger partial charge is 0.354 e. The van der Waals surface area contributed by atoms with Gasteiger partial charge in [-0.1, -0.05) is 29.8 Å². The maximum absolute atomic E-state index is 12.6. The van der Waals surface area contributed by atoms with Gasteiger partial charge < -0.3 is 10.6 Å². The topological polar surface area (TPSA) is 73.8 Å².